The second kappa shape index (κ2) is 10.4. The number of aryl methyl sites for hydroxylation is 2. The van der Waals surface area contributed by atoms with Crippen molar-refractivity contribution in [3.05, 3.63) is 81.4 Å². The second-order valence-corrected chi connectivity index (χ2v) is 8.60. The largest absolute Gasteiger partial charge is 0.488 e. The Hall–Kier alpha value is -2.90. The monoisotopic (exact) mass is 471 g/mol. The number of aromatic nitrogens is 1. The number of ether oxygens (including phenoxy) is 1. The fourth-order valence-corrected chi connectivity index (χ4v) is 4.51. The van der Waals surface area contributed by atoms with E-state index in [1.165, 1.54) is 6.07 Å². The zero-order valence-corrected chi connectivity index (χ0v) is 19.5. The lowest BCUT2D eigenvalue weighted by Gasteiger charge is -2.29. The molecule has 0 spiro atoms. The fourth-order valence-electron chi connectivity index (χ4n) is 4.22. The predicted molar refractivity (Wildman–Crippen MR) is 124 cm³/mol. The maximum Gasteiger partial charge on any atom is 0.255 e. The third-order valence-corrected chi connectivity index (χ3v) is 6.38. The Bertz CT molecular complexity index is 1090. The molecule has 33 heavy (non-hydrogen) atoms. The minimum absolute atomic E-state index is 0.234. The topological polar surface area (TPSA) is 67.6 Å². The Morgan fingerprint density at radius 1 is 1.21 bits per heavy atom. The standard InChI is InChI=1S/C25H27ClFN3O3/c1-16-19(17(2)33-29-16)15-32-23-11-4-3-8-18(23)25(31)28-14-22(30-12-5-6-13-30)24-20(26)9-7-10-21(24)27/h3-4,7-11,22H,5-6,12-15H2,1-2H3,(H,28,31). The molecule has 2 heterocycles. The minimum atomic E-state index is -0.364. The molecular weight excluding hydrogens is 445 g/mol. The van der Waals surface area contributed by atoms with E-state index in [9.17, 15) is 9.18 Å². The van der Waals surface area contributed by atoms with Crippen LogP contribution in [0.3, 0.4) is 0 Å². The van der Waals surface area contributed by atoms with Crippen LogP contribution in [-0.4, -0.2) is 35.6 Å². The maximum atomic E-state index is 14.7. The number of amides is 1. The molecule has 1 amide bonds. The molecule has 1 aliphatic heterocycles. The van der Waals surface area contributed by atoms with Crippen LogP contribution in [0.2, 0.25) is 5.02 Å². The molecule has 6 nitrogen and oxygen atoms in total. The number of nitrogens with one attached hydrogen (secondary N) is 1. The fraction of sp³-hybridized carbons (Fsp3) is 0.360. The summed E-state index contributed by atoms with van der Waals surface area (Å²) in [6, 6.07) is 11.4. The van der Waals surface area contributed by atoms with Crippen molar-refractivity contribution in [3.63, 3.8) is 0 Å². The van der Waals surface area contributed by atoms with Crippen molar-refractivity contribution >= 4 is 17.5 Å². The molecule has 174 valence electrons. The lowest BCUT2D eigenvalue weighted by molar-refractivity contribution is 0.0932. The summed E-state index contributed by atoms with van der Waals surface area (Å²) in [7, 11) is 0. The number of nitrogens with zero attached hydrogens (tertiary/aromatic N) is 2. The summed E-state index contributed by atoms with van der Waals surface area (Å²) in [5, 5.41) is 7.27. The highest BCUT2D eigenvalue weighted by Crippen LogP contribution is 2.32. The molecule has 1 aliphatic rings. The number of likely N-dealkylation sites (tertiary alicyclic amines) is 1. The number of benzene rings is 2. The number of hydrogen-bond donors (Lipinski definition) is 1. The van der Waals surface area contributed by atoms with Crippen molar-refractivity contribution in [1.82, 2.24) is 15.4 Å². The van der Waals surface area contributed by atoms with E-state index in [2.05, 4.69) is 15.4 Å². The van der Waals surface area contributed by atoms with Gasteiger partial charge in [0.2, 0.25) is 0 Å². The molecule has 8 heteroatoms. The molecule has 0 bridgehead atoms. The molecule has 1 aromatic heterocycles. The van der Waals surface area contributed by atoms with Crippen molar-refractivity contribution in [3.8, 4) is 5.75 Å². The van der Waals surface area contributed by atoms with Crippen LogP contribution < -0.4 is 10.1 Å². The van der Waals surface area contributed by atoms with Gasteiger partial charge in [-0.3, -0.25) is 9.69 Å². The zero-order chi connectivity index (χ0) is 23.4. The summed E-state index contributed by atoms with van der Waals surface area (Å²) < 4.78 is 25.8. The molecule has 4 rings (SSSR count). The molecule has 0 aliphatic carbocycles. The molecular formula is C25H27ClFN3O3. The molecule has 1 saturated heterocycles. The normalized spacial score (nSPS) is 14.9. The van der Waals surface area contributed by atoms with E-state index in [4.69, 9.17) is 20.9 Å². The van der Waals surface area contributed by atoms with Crippen molar-refractivity contribution in [1.29, 1.82) is 0 Å². The highest BCUT2D eigenvalue weighted by Gasteiger charge is 2.28. The number of carbonyl (C=O) groups is 1. The third-order valence-electron chi connectivity index (χ3n) is 6.06. The van der Waals surface area contributed by atoms with E-state index in [0.717, 1.165) is 37.2 Å². The van der Waals surface area contributed by atoms with Gasteiger partial charge in [0.15, 0.2) is 0 Å². The van der Waals surface area contributed by atoms with Gasteiger partial charge in [-0.05, 0) is 64.0 Å². The van der Waals surface area contributed by atoms with Crippen molar-refractivity contribution < 1.29 is 18.4 Å². The number of hydrogen-bond acceptors (Lipinski definition) is 5. The van der Waals surface area contributed by atoms with Gasteiger partial charge in [-0.1, -0.05) is 35.0 Å². The average molecular weight is 472 g/mol. The van der Waals surface area contributed by atoms with Crippen LogP contribution >= 0.6 is 11.6 Å². The summed E-state index contributed by atoms with van der Waals surface area (Å²) in [5.41, 5.74) is 2.44. The van der Waals surface area contributed by atoms with E-state index < -0.39 is 0 Å². The Kier molecular flexibility index (Phi) is 7.30. The SMILES string of the molecule is Cc1noc(C)c1COc1ccccc1C(=O)NCC(c1c(F)cccc1Cl)N1CCCC1. The van der Waals surface area contributed by atoms with Crippen LogP contribution in [0.15, 0.2) is 47.0 Å². The first kappa shape index (κ1) is 23.3. The van der Waals surface area contributed by atoms with E-state index in [1.807, 2.05) is 19.9 Å². The lowest BCUT2D eigenvalue weighted by atomic mass is 10.0. The summed E-state index contributed by atoms with van der Waals surface area (Å²) in [5.74, 6) is 0.485. The van der Waals surface area contributed by atoms with Gasteiger partial charge in [0, 0.05) is 17.1 Å². The average Bonchev–Trinajstić information content (AvgIpc) is 3.44. The first-order valence-corrected chi connectivity index (χ1v) is 11.4. The first-order chi connectivity index (χ1) is 16.0. The van der Waals surface area contributed by atoms with Gasteiger partial charge in [0.25, 0.3) is 5.91 Å². The van der Waals surface area contributed by atoms with Gasteiger partial charge < -0.3 is 14.6 Å². The Balaban J connectivity index is 1.50. The van der Waals surface area contributed by atoms with Crippen LogP contribution in [0.25, 0.3) is 0 Å². The Morgan fingerprint density at radius 3 is 2.67 bits per heavy atom. The van der Waals surface area contributed by atoms with Gasteiger partial charge in [0.05, 0.1) is 22.9 Å². The molecule has 2 aromatic carbocycles. The molecule has 0 saturated carbocycles. The van der Waals surface area contributed by atoms with Gasteiger partial charge in [-0.15, -0.1) is 0 Å². The van der Waals surface area contributed by atoms with E-state index >= 15 is 0 Å². The number of para-hydroxylation sites is 1. The molecule has 1 atom stereocenters. The van der Waals surface area contributed by atoms with Crippen molar-refractivity contribution in [2.24, 2.45) is 0 Å². The first-order valence-electron chi connectivity index (χ1n) is 11.1. The van der Waals surface area contributed by atoms with Crippen LogP contribution in [0.1, 0.15) is 51.8 Å². The second-order valence-electron chi connectivity index (χ2n) is 8.19. The lowest BCUT2D eigenvalue weighted by Crippen LogP contribution is -2.37. The van der Waals surface area contributed by atoms with Gasteiger partial charge in [0.1, 0.15) is 23.9 Å². The summed E-state index contributed by atoms with van der Waals surface area (Å²) >= 11 is 6.36. The molecule has 3 aromatic rings. The van der Waals surface area contributed by atoms with Gasteiger partial charge >= 0.3 is 0 Å². The highest BCUT2D eigenvalue weighted by atomic mass is 35.5. The molecule has 1 unspecified atom stereocenters. The Morgan fingerprint density at radius 2 is 1.97 bits per heavy atom. The van der Waals surface area contributed by atoms with E-state index in [0.29, 0.717) is 27.7 Å². The third kappa shape index (κ3) is 5.20. The van der Waals surface area contributed by atoms with Crippen LogP contribution in [-0.2, 0) is 6.61 Å². The summed E-state index contributed by atoms with van der Waals surface area (Å²) in [4.78, 5) is 15.3. The zero-order valence-electron chi connectivity index (χ0n) is 18.7. The summed E-state index contributed by atoms with van der Waals surface area (Å²) in [6.07, 6.45) is 2.07. The summed E-state index contributed by atoms with van der Waals surface area (Å²) in [6.45, 7) is 5.82. The highest BCUT2D eigenvalue weighted by molar-refractivity contribution is 6.31. The van der Waals surface area contributed by atoms with Crippen molar-refractivity contribution in [2.45, 2.75) is 39.3 Å². The molecule has 1 N–H and O–H groups in total. The van der Waals surface area contributed by atoms with E-state index in [-0.39, 0.29) is 30.9 Å². The van der Waals surface area contributed by atoms with Crippen LogP contribution in [0, 0.1) is 19.7 Å². The van der Waals surface area contributed by atoms with Crippen LogP contribution in [0.5, 0.6) is 5.75 Å². The minimum Gasteiger partial charge on any atom is -0.488 e. The number of rotatable bonds is 8. The number of carbonyl (C=O) groups excluding carboxylic acids is 1. The smallest absolute Gasteiger partial charge is 0.255 e. The quantitative estimate of drug-likeness (QED) is 0.487. The van der Waals surface area contributed by atoms with E-state index in [1.54, 1.807) is 30.3 Å². The number of halogens is 2. The predicted octanol–water partition coefficient (Wildman–Crippen LogP) is 5.23. The molecule has 1 fully saturated rings. The maximum absolute atomic E-state index is 14.7. The van der Waals surface area contributed by atoms with Crippen molar-refractivity contribution in [2.75, 3.05) is 19.6 Å². The molecule has 0 radical (unpaired) electrons. The van der Waals surface area contributed by atoms with Gasteiger partial charge in [-0.2, -0.15) is 0 Å². The van der Waals surface area contributed by atoms with Crippen LogP contribution in [0.4, 0.5) is 4.39 Å². The Labute approximate surface area is 197 Å². The van der Waals surface area contributed by atoms with Gasteiger partial charge in [-0.25, -0.2) is 4.39 Å².